The summed E-state index contributed by atoms with van der Waals surface area (Å²) in [7, 11) is 0. The van der Waals surface area contributed by atoms with Gasteiger partial charge in [0.25, 0.3) is 0 Å². The Kier molecular flexibility index (Phi) is 3.43. The number of hydrogen-bond donors (Lipinski definition) is 1. The summed E-state index contributed by atoms with van der Waals surface area (Å²) in [5.74, 6) is -0.304. The van der Waals surface area contributed by atoms with Crippen LogP contribution >= 0.6 is 0 Å². The molecule has 2 rings (SSSR count). The lowest BCUT2D eigenvalue weighted by Crippen LogP contribution is -2.15. The molecular weight excluding hydrogens is 234 g/mol. The molecular formula is C13H19NO4. The van der Waals surface area contributed by atoms with Crippen molar-refractivity contribution in [1.29, 1.82) is 0 Å². The fourth-order valence-electron chi connectivity index (χ4n) is 2.61. The molecule has 0 bridgehead atoms. The number of aromatic nitrogens is 1. The zero-order valence-corrected chi connectivity index (χ0v) is 11.1. The van der Waals surface area contributed by atoms with Crippen LogP contribution in [-0.2, 0) is 11.2 Å². The van der Waals surface area contributed by atoms with Crippen molar-refractivity contribution in [2.75, 3.05) is 0 Å². The van der Waals surface area contributed by atoms with Crippen LogP contribution in [0.1, 0.15) is 55.8 Å². The van der Waals surface area contributed by atoms with Crippen LogP contribution in [-0.4, -0.2) is 28.3 Å². The summed E-state index contributed by atoms with van der Waals surface area (Å²) in [4.78, 5) is 15.4. The van der Waals surface area contributed by atoms with Gasteiger partial charge < -0.3 is 14.3 Å². The van der Waals surface area contributed by atoms with Gasteiger partial charge >= 0.3 is 5.97 Å². The van der Waals surface area contributed by atoms with E-state index in [1.165, 1.54) is 0 Å². The number of carboxylic acids is 1. The Balaban J connectivity index is 2.37. The Morgan fingerprint density at radius 1 is 1.33 bits per heavy atom. The fourth-order valence-corrected chi connectivity index (χ4v) is 2.61. The molecule has 4 atom stereocenters. The van der Waals surface area contributed by atoms with Crippen molar-refractivity contribution in [3.63, 3.8) is 0 Å². The van der Waals surface area contributed by atoms with E-state index in [0.717, 1.165) is 0 Å². The van der Waals surface area contributed by atoms with E-state index in [1.54, 1.807) is 0 Å². The molecule has 1 saturated heterocycles. The molecule has 1 aromatic rings. The molecule has 5 nitrogen and oxygen atoms in total. The lowest BCUT2D eigenvalue weighted by Gasteiger charge is -2.13. The van der Waals surface area contributed by atoms with Gasteiger partial charge in [0.15, 0.2) is 0 Å². The van der Waals surface area contributed by atoms with Crippen LogP contribution in [0.25, 0.3) is 0 Å². The number of ether oxygens (including phenoxy) is 1. The second kappa shape index (κ2) is 4.72. The molecule has 4 unspecified atom stereocenters. The van der Waals surface area contributed by atoms with Crippen molar-refractivity contribution in [3.05, 3.63) is 17.3 Å². The standard InChI is InChI=1S/C13H19NO4/c1-5-9-11(13(15)16)18-12(14-9)10-6(2)7(3)17-8(10)4/h6-8,10H,5H2,1-4H3,(H,15,16). The molecule has 1 aliphatic rings. The van der Waals surface area contributed by atoms with E-state index in [1.807, 2.05) is 20.8 Å². The highest BCUT2D eigenvalue weighted by Gasteiger charge is 2.41. The van der Waals surface area contributed by atoms with E-state index in [0.29, 0.717) is 18.0 Å². The van der Waals surface area contributed by atoms with E-state index in [4.69, 9.17) is 14.3 Å². The summed E-state index contributed by atoms with van der Waals surface area (Å²) in [5, 5.41) is 9.07. The van der Waals surface area contributed by atoms with Crippen LogP contribution in [0, 0.1) is 5.92 Å². The molecule has 18 heavy (non-hydrogen) atoms. The van der Waals surface area contributed by atoms with Crippen LogP contribution in [0.4, 0.5) is 0 Å². The van der Waals surface area contributed by atoms with Gasteiger partial charge in [-0.25, -0.2) is 9.78 Å². The van der Waals surface area contributed by atoms with Crippen molar-refractivity contribution in [3.8, 4) is 0 Å². The monoisotopic (exact) mass is 253 g/mol. The van der Waals surface area contributed by atoms with Gasteiger partial charge in [-0.05, 0) is 26.2 Å². The lowest BCUT2D eigenvalue weighted by atomic mass is 9.89. The first-order valence-electron chi connectivity index (χ1n) is 6.34. The molecule has 0 radical (unpaired) electrons. The van der Waals surface area contributed by atoms with Crippen LogP contribution in [0.15, 0.2) is 4.42 Å². The smallest absolute Gasteiger partial charge is 0.373 e. The highest BCUT2D eigenvalue weighted by Crippen LogP contribution is 2.39. The Morgan fingerprint density at radius 3 is 2.39 bits per heavy atom. The Morgan fingerprint density at radius 2 is 2.00 bits per heavy atom. The van der Waals surface area contributed by atoms with Crippen LogP contribution in [0.5, 0.6) is 0 Å². The summed E-state index contributed by atoms with van der Waals surface area (Å²) in [6.45, 7) is 7.94. The molecule has 1 N–H and O–H groups in total. The predicted molar refractivity (Wildman–Crippen MR) is 64.8 cm³/mol. The minimum Gasteiger partial charge on any atom is -0.475 e. The predicted octanol–water partition coefficient (Wildman–Crippen LogP) is 2.46. The second-order valence-electron chi connectivity index (χ2n) is 4.92. The number of nitrogens with zero attached hydrogens (tertiary/aromatic N) is 1. The number of aryl methyl sites for hydroxylation is 1. The third kappa shape index (κ3) is 2.03. The number of carbonyl (C=O) groups is 1. The quantitative estimate of drug-likeness (QED) is 0.895. The molecule has 100 valence electrons. The van der Waals surface area contributed by atoms with E-state index in [2.05, 4.69) is 11.9 Å². The van der Waals surface area contributed by atoms with Crippen LogP contribution < -0.4 is 0 Å². The molecule has 0 aliphatic carbocycles. The highest BCUT2D eigenvalue weighted by molar-refractivity contribution is 5.85. The summed E-state index contributed by atoms with van der Waals surface area (Å²) >= 11 is 0. The van der Waals surface area contributed by atoms with Gasteiger partial charge in [-0.15, -0.1) is 0 Å². The normalized spacial score (nSPS) is 31.8. The Bertz CT molecular complexity index is 454. The van der Waals surface area contributed by atoms with Crippen molar-refractivity contribution in [2.45, 2.75) is 52.2 Å². The molecule has 1 fully saturated rings. The topological polar surface area (TPSA) is 72.6 Å². The largest absolute Gasteiger partial charge is 0.475 e. The minimum atomic E-state index is -1.06. The van der Waals surface area contributed by atoms with E-state index < -0.39 is 5.97 Å². The first-order valence-corrected chi connectivity index (χ1v) is 6.34. The van der Waals surface area contributed by atoms with Crippen molar-refractivity contribution < 1.29 is 19.1 Å². The van der Waals surface area contributed by atoms with Gasteiger partial charge in [0, 0.05) is 0 Å². The Hall–Kier alpha value is -1.36. The second-order valence-corrected chi connectivity index (χ2v) is 4.92. The van der Waals surface area contributed by atoms with Crippen molar-refractivity contribution in [1.82, 2.24) is 4.98 Å². The molecule has 1 aliphatic heterocycles. The van der Waals surface area contributed by atoms with Gasteiger partial charge in [-0.3, -0.25) is 0 Å². The summed E-state index contributed by atoms with van der Waals surface area (Å²) in [6.07, 6.45) is 0.687. The van der Waals surface area contributed by atoms with E-state index >= 15 is 0 Å². The number of oxazole rings is 1. The molecule has 0 amide bonds. The summed E-state index contributed by atoms with van der Waals surface area (Å²) in [5.41, 5.74) is 0.511. The summed E-state index contributed by atoms with van der Waals surface area (Å²) < 4.78 is 11.2. The third-order valence-corrected chi connectivity index (χ3v) is 3.77. The minimum absolute atomic E-state index is 0.000000945. The van der Waals surface area contributed by atoms with E-state index in [-0.39, 0.29) is 29.8 Å². The van der Waals surface area contributed by atoms with Crippen LogP contribution in [0.2, 0.25) is 0 Å². The van der Waals surface area contributed by atoms with E-state index in [9.17, 15) is 4.79 Å². The van der Waals surface area contributed by atoms with Gasteiger partial charge in [0.2, 0.25) is 11.7 Å². The van der Waals surface area contributed by atoms with Gasteiger partial charge in [-0.1, -0.05) is 13.8 Å². The molecule has 5 heteroatoms. The summed E-state index contributed by atoms with van der Waals surface area (Å²) in [6, 6.07) is 0. The van der Waals surface area contributed by atoms with Gasteiger partial charge in [0.05, 0.1) is 23.8 Å². The maximum Gasteiger partial charge on any atom is 0.373 e. The lowest BCUT2D eigenvalue weighted by molar-refractivity contribution is 0.0539. The average molecular weight is 253 g/mol. The maximum absolute atomic E-state index is 11.1. The first-order chi connectivity index (χ1) is 8.45. The fraction of sp³-hybridized carbons (Fsp3) is 0.692. The molecule has 2 heterocycles. The van der Waals surface area contributed by atoms with Crippen molar-refractivity contribution in [2.24, 2.45) is 5.92 Å². The van der Waals surface area contributed by atoms with Crippen molar-refractivity contribution >= 4 is 5.97 Å². The number of hydrogen-bond acceptors (Lipinski definition) is 4. The molecule has 0 spiro atoms. The highest BCUT2D eigenvalue weighted by atomic mass is 16.5. The SMILES string of the molecule is CCc1nc(C2C(C)OC(C)C2C)oc1C(=O)O. The number of aromatic carboxylic acids is 1. The first kappa shape index (κ1) is 13.1. The van der Waals surface area contributed by atoms with Crippen LogP contribution in [0.3, 0.4) is 0 Å². The molecule has 1 aromatic heterocycles. The molecule has 0 aromatic carbocycles. The average Bonchev–Trinajstić information content (AvgIpc) is 2.82. The number of carboxylic acid groups (broad SMARTS) is 1. The Labute approximate surface area is 106 Å². The van der Waals surface area contributed by atoms with Gasteiger partial charge in [-0.2, -0.15) is 0 Å². The number of rotatable bonds is 3. The zero-order chi connectivity index (χ0) is 13.4. The zero-order valence-electron chi connectivity index (χ0n) is 11.1. The maximum atomic E-state index is 11.1. The van der Waals surface area contributed by atoms with Gasteiger partial charge in [0.1, 0.15) is 0 Å². The third-order valence-electron chi connectivity index (χ3n) is 3.77. The molecule has 0 saturated carbocycles.